The van der Waals surface area contributed by atoms with E-state index in [0.717, 1.165) is 16.7 Å². The number of hydrogen-bond donors (Lipinski definition) is 1. The molecule has 3 heteroatoms. The second kappa shape index (κ2) is 4.05. The summed E-state index contributed by atoms with van der Waals surface area (Å²) in [6.07, 6.45) is -2.50. The van der Waals surface area contributed by atoms with E-state index in [-0.39, 0.29) is 0 Å². The fraction of sp³-hybridized carbons (Fsp3) is 0.455. The molecule has 0 fully saturated rings. The highest BCUT2D eigenvalue weighted by atomic mass is 19.3. The quantitative estimate of drug-likeness (QED) is 0.778. The second-order valence-electron chi connectivity index (χ2n) is 3.67. The van der Waals surface area contributed by atoms with E-state index in [0.29, 0.717) is 5.56 Å². The van der Waals surface area contributed by atoms with Crippen LogP contribution in [0, 0.1) is 20.8 Å². The molecule has 0 aliphatic rings. The van der Waals surface area contributed by atoms with Crippen LogP contribution in [0.3, 0.4) is 0 Å². The molecule has 14 heavy (non-hydrogen) atoms. The van der Waals surface area contributed by atoms with Gasteiger partial charge in [0.15, 0.2) is 0 Å². The lowest BCUT2D eigenvalue weighted by Crippen LogP contribution is -2.21. The molecule has 0 aliphatic heterocycles. The van der Waals surface area contributed by atoms with Gasteiger partial charge in [0.1, 0.15) is 0 Å². The van der Waals surface area contributed by atoms with Crippen molar-refractivity contribution in [2.45, 2.75) is 33.2 Å². The lowest BCUT2D eigenvalue weighted by atomic mass is 9.95. The molecule has 1 aromatic rings. The fourth-order valence-electron chi connectivity index (χ4n) is 1.84. The number of hydrogen-bond acceptors (Lipinski definition) is 1. The van der Waals surface area contributed by atoms with Crippen LogP contribution in [-0.4, -0.2) is 6.43 Å². The molecule has 0 unspecified atom stereocenters. The molecule has 0 heterocycles. The van der Waals surface area contributed by atoms with Crippen LogP contribution in [-0.2, 0) is 0 Å². The number of benzene rings is 1. The highest BCUT2D eigenvalue weighted by molar-refractivity contribution is 5.39. The summed E-state index contributed by atoms with van der Waals surface area (Å²) in [5, 5.41) is 0. The third-order valence-corrected chi connectivity index (χ3v) is 2.34. The summed E-state index contributed by atoms with van der Waals surface area (Å²) < 4.78 is 24.9. The summed E-state index contributed by atoms with van der Waals surface area (Å²) >= 11 is 0. The Balaban J connectivity index is 3.20. The Hall–Kier alpha value is -0.960. The van der Waals surface area contributed by atoms with Crippen molar-refractivity contribution in [3.05, 3.63) is 34.4 Å². The van der Waals surface area contributed by atoms with Crippen LogP contribution >= 0.6 is 0 Å². The average molecular weight is 199 g/mol. The SMILES string of the molecule is Cc1cc(C)c([C@H](N)C(F)F)c(C)c1. The van der Waals surface area contributed by atoms with E-state index in [1.165, 1.54) is 0 Å². The zero-order valence-corrected chi connectivity index (χ0v) is 8.64. The van der Waals surface area contributed by atoms with Crippen LogP contribution in [0.15, 0.2) is 12.1 Å². The van der Waals surface area contributed by atoms with Crippen molar-refractivity contribution in [2.75, 3.05) is 0 Å². The summed E-state index contributed by atoms with van der Waals surface area (Å²) in [6.45, 7) is 5.58. The van der Waals surface area contributed by atoms with Crippen LogP contribution in [0.5, 0.6) is 0 Å². The van der Waals surface area contributed by atoms with E-state index >= 15 is 0 Å². The maximum Gasteiger partial charge on any atom is 0.257 e. The lowest BCUT2D eigenvalue weighted by Gasteiger charge is -2.17. The van der Waals surface area contributed by atoms with Gasteiger partial charge in [-0.15, -0.1) is 0 Å². The third-order valence-electron chi connectivity index (χ3n) is 2.34. The van der Waals surface area contributed by atoms with Gasteiger partial charge >= 0.3 is 0 Å². The van der Waals surface area contributed by atoms with E-state index < -0.39 is 12.5 Å². The predicted octanol–water partition coefficient (Wildman–Crippen LogP) is 2.88. The molecule has 0 aromatic heterocycles. The zero-order valence-electron chi connectivity index (χ0n) is 8.64. The Bertz CT molecular complexity index is 311. The smallest absolute Gasteiger partial charge is 0.257 e. The standard InChI is InChI=1S/C11H15F2N/c1-6-4-7(2)9(8(3)5-6)10(14)11(12)13/h4-5,10-11H,14H2,1-3H3/t10-/m0/s1. The second-order valence-corrected chi connectivity index (χ2v) is 3.67. The van der Waals surface area contributed by atoms with Gasteiger partial charge in [-0.2, -0.15) is 0 Å². The van der Waals surface area contributed by atoms with E-state index in [1.807, 2.05) is 32.9 Å². The van der Waals surface area contributed by atoms with Gasteiger partial charge in [-0.05, 0) is 37.5 Å². The molecule has 0 saturated heterocycles. The van der Waals surface area contributed by atoms with Gasteiger partial charge in [-0.3, -0.25) is 0 Å². The predicted molar refractivity (Wildman–Crippen MR) is 53.6 cm³/mol. The molecule has 1 atom stereocenters. The van der Waals surface area contributed by atoms with E-state index in [1.54, 1.807) is 0 Å². The number of aryl methyl sites for hydroxylation is 3. The molecular formula is C11H15F2N. The first-order chi connectivity index (χ1) is 6.43. The molecule has 78 valence electrons. The monoisotopic (exact) mass is 199 g/mol. The summed E-state index contributed by atoms with van der Waals surface area (Å²) in [5.74, 6) is 0. The van der Waals surface area contributed by atoms with Crippen LogP contribution in [0.25, 0.3) is 0 Å². The first-order valence-corrected chi connectivity index (χ1v) is 4.55. The maximum absolute atomic E-state index is 12.4. The molecular weight excluding hydrogens is 184 g/mol. The molecule has 0 spiro atoms. The van der Waals surface area contributed by atoms with Crippen molar-refractivity contribution in [1.29, 1.82) is 0 Å². The summed E-state index contributed by atoms with van der Waals surface area (Å²) in [4.78, 5) is 0. The Morgan fingerprint density at radius 1 is 1.07 bits per heavy atom. The highest BCUT2D eigenvalue weighted by Gasteiger charge is 2.21. The Kier molecular flexibility index (Phi) is 3.21. The Labute approximate surface area is 82.9 Å². The molecule has 1 nitrogen and oxygen atoms in total. The van der Waals surface area contributed by atoms with Gasteiger partial charge < -0.3 is 5.73 Å². The van der Waals surface area contributed by atoms with Crippen molar-refractivity contribution in [3.8, 4) is 0 Å². The molecule has 0 saturated carbocycles. The van der Waals surface area contributed by atoms with E-state index in [2.05, 4.69) is 0 Å². The number of alkyl halides is 2. The minimum Gasteiger partial charge on any atom is -0.319 e. The van der Waals surface area contributed by atoms with Crippen LogP contribution in [0.1, 0.15) is 28.3 Å². The van der Waals surface area contributed by atoms with Crippen LogP contribution in [0.2, 0.25) is 0 Å². The summed E-state index contributed by atoms with van der Waals surface area (Å²) in [6, 6.07) is 2.59. The summed E-state index contributed by atoms with van der Waals surface area (Å²) in [5.41, 5.74) is 8.77. The number of nitrogens with two attached hydrogens (primary N) is 1. The average Bonchev–Trinajstić information content (AvgIpc) is 2.01. The first-order valence-electron chi connectivity index (χ1n) is 4.55. The Morgan fingerprint density at radius 2 is 1.50 bits per heavy atom. The third kappa shape index (κ3) is 2.10. The van der Waals surface area contributed by atoms with Crippen molar-refractivity contribution in [1.82, 2.24) is 0 Å². The van der Waals surface area contributed by atoms with Gasteiger partial charge in [0.05, 0.1) is 6.04 Å². The van der Waals surface area contributed by atoms with Gasteiger partial charge in [-0.1, -0.05) is 17.7 Å². The zero-order chi connectivity index (χ0) is 10.9. The Morgan fingerprint density at radius 3 is 1.86 bits per heavy atom. The van der Waals surface area contributed by atoms with E-state index in [9.17, 15) is 8.78 Å². The van der Waals surface area contributed by atoms with Crippen molar-refractivity contribution in [3.63, 3.8) is 0 Å². The first kappa shape index (κ1) is 11.1. The molecule has 0 bridgehead atoms. The number of rotatable bonds is 2. The molecule has 0 amide bonds. The largest absolute Gasteiger partial charge is 0.319 e. The van der Waals surface area contributed by atoms with Crippen molar-refractivity contribution in [2.24, 2.45) is 5.73 Å². The minimum absolute atomic E-state index is 0.575. The van der Waals surface area contributed by atoms with Gasteiger partial charge in [0.2, 0.25) is 0 Å². The normalized spacial score (nSPS) is 13.4. The highest BCUT2D eigenvalue weighted by Crippen LogP contribution is 2.25. The fourth-order valence-corrected chi connectivity index (χ4v) is 1.84. The van der Waals surface area contributed by atoms with Gasteiger partial charge in [0.25, 0.3) is 6.43 Å². The number of halogens is 2. The van der Waals surface area contributed by atoms with E-state index in [4.69, 9.17) is 5.73 Å². The molecule has 0 radical (unpaired) electrons. The van der Waals surface area contributed by atoms with Crippen molar-refractivity contribution >= 4 is 0 Å². The van der Waals surface area contributed by atoms with Crippen molar-refractivity contribution < 1.29 is 8.78 Å². The van der Waals surface area contributed by atoms with Crippen LogP contribution < -0.4 is 5.73 Å². The molecule has 0 aliphatic carbocycles. The molecule has 2 N–H and O–H groups in total. The van der Waals surface area contributed by atoms with Gasteiger partial charge in [-0.25, -0.2) is 8.78 Å². The summed E-state index contributed by atoms with van der Waals surface area (Å²) in [7, 11) is 0. The topological polar surface area (TPSA) is 26.0 Å². The van der Waals surface area contributed by atoms with Crippen LogP contribution in [0.4, 0.5) is 8.78 Å². The maximum atomic E-state index is 12.4. The molecule has 1 rings (SSSR count). The molecule has 1 aromatic carbocycles. The lowest BCUT2D eigenvalue weighted by molar-refractivity contribution is 0.116. The minimum atomic E-state index is -2.50. The van der Waals surface area contributed by atoms with Gasteiger partial charge in [0, 0.05) is 0 Å².